The highest BCUT2D eigenvalue weighted by atomic mass is 16.5. The van der Waals surface area contributed by atoms with Gasteiger partial charge in [-0.1, -0.05) is 32.9 Å². The van der Waals surface area contributed by atoms with E-state index < -0.39 is 5.97 Å². The summed E-state index contributed by atoms with van der Waals surface area (Å²) in [5.41, 5.74) is 1.63. The first-order chi connectivity index (χ1) is 12.4. The molecule has 1 N–H and O–H groups in total. The third-order valence-corrected chi connectivity index (χ3v) is 3.64. The number of carbonyl (C=O) groups is 2. The fourth-order valence-corrected chi connectivity index (χ4v) is 2.16. The van der Waals surface area contributed by atoms with E-state index >= 15 is 0 Å². The van der Waals surface area contributed by atoms with E-state index in [2.05, 4.69) is 31.1 Å². The molecule has 2 aromatic rings. The third-order valence-electron chi connectivity index (χ3n) is 3.64. The number of benzene rings is 1. The number of nitrogens with zero attached hydrogens (tertiary/aromatic N) is 1. The van der Waals surface area contributed by atoms with Crippen LogP contribution in [0.15, 0.2) is 48.8 Å². The summed E-state index contributed by atoms with van der Waals surface area (Å²) in [6.45, 7) is 6.77. The van der Waals surface area contributed by atoms with Crippen molar-refractivity contribution in [1.82, 2.24) is 10.3 Å². The number of rotatable bonds is 7. The minimum Gasteiger partial charge on any atom is -0.492 e. The minimum atomic E-state index is -0.580. The molecule has 0 bridgehead atoms. The predicted octanol–water partition coefficient (Wildman–Crippen LogP) is 2.73. The molecule has 0 aliphatic rings. The second-order valence-corrected chi connectivity index (χ2v) is 6.79. The molecule has 6 nitrogen and oxygen atoms in total. The first-order valence-corrected chi connectivity index (χ1v) is 8.43. The summed E-state index contributed by atoms with van der Waals surface area (Å²) < 4.78 is 10.5. The number of pyridine rings is 1. The van der Waals surface area contributed by atoms with Gasteiger partial charge in [0.25, 0.3) is 5.91 Å². The maximum absolute atomic E-state index is 11.7. The first-order valence-electron chi connectivity index (χ1n) is 8.43. The van der Waals surface area contributed by atoms with Crippen molar-refractivity contribution in [2.45, 2.75) is 26.2 Å². The molecular weight excluding hydrogens is 332 g/mol. The van der Waals surface area contributed by atoms with E-state index in [9.17, 15) is 9.59 Å². The van der Waals surface area contributed by atoms with Crippen molar-refractivity contribution < 1.29 is 19.1 Å². The Bertz CT molecular complexity index is 722. The molecule has 1 aromatic carbocycles. The largest absolute Gasteiger partial charge is 0.492 e. The van der Waals surface area contributed by atoms with E-state index in [0.29, 0.717) is 18.7 Å². The smallest absolute Gasteiger partial charge is 0.340 e. The van der Waals surface area contributed by atoms with Gasteiger partial charge in [0, 0.05) is 12.4 Å². The standard InChI is InChI=1S/C20H24N2O4/c1-20(2,3)16-6-8-17(9-7-16)25-12-11-22-18(23)14-26-19(24)15-5-4-10-21-13-15/h4-10,13H,11-12,14H2,1-3H3,(H,22,23). The molecule has 0 saturated heterocycles. The van der Waals surface area contributed by atoms with E-state index in [1.807, 2.05) is 24.3 Å². The zero-order valence-corrected chi connectivity index (χ0v) is 15.3. The molecule has 0 fully saturated rings. The zero-order chi connectivity index (χ0) is 19.0. The van der Waals surface area contributed by atoms with Crippen LogP contribution < -0.4 is 10.1 Å². The molecule has 2 rings (SSSR count). The van der Waals surface area contributed by atoms with Gasteiger partial charge in [-0.15, -0.1) is 0 Å². The Balaban J connectivity index is 1.65. The molecule has 0 aliphatic carbocycles. The summed E-state index contributed by atoms with van der Waals surface area (Å²) in [5.74, 6) is -0.215. The summed E-state index contributed by atoms with van der Waals surface area (Å²) in [6, 6.07) is 11.1. The summed E-state index contributed by atoms with van der Waals surface area (Å²) in [6.07, 6.45) is 2.94. The summed E-state index contributed by atoms with van der Waals surface area (Å²) in [4.78, 5) is 27.2. The predicted molar refractivity (Wildman–Crippen MR) is 98.2 cm³/mol. The van der Waals surface area contributed by atoms with Gasteiger partial charge in [0.2, 0.25) is 0 Å². The van der Waals surface area contributed by atoms with Gasteiger partial charge in [0.15, 0.2) is 6.61 Å². The quantitative estimate of drug-likeness (QED) is 0.610. The Labute approximate surface area is 153 Å². The van der Waals surface area contributed by atoms with Crippen molar-refractivity contribution >= 4 is 11.9 Å². The Morgan fingerprint density at radius 3 is 2.46 bits per heavy atom. The molecule has 1 amide bonds. The molecule has 0 aliphatic heterocycles. The summed E-state index contributed by atoms with van der Waals surface area (Å²) in [7, 11) is 0. The van der Waals surface area contributed by atoms with E-state index in [-0.39, 0.29) is 17.9 Å². The van der Waals surface area contributed by atoms with E-state index in [4.69, 9.17) is 9.47 Å². The van der Waals surface area contributed by atoms with E-state index in [1.54, 1.807) is 18.3 Å². The summed E-state index contributed by atoms with van der Waals surface area (Å²) in [5, 5.41) is 2.64. The number of esters is 1. The lowest BCUT2D eigenvalue weighted by molar-refractivity contribution is -0.124. The van der Waals surface area contributed by atoms with Crippen molar-refractivity contribution in [3.8, 4) is 5.75 Å². The maximum atomic E-state index is 11.7. The highest BCUT2D eigenvalue weighted by Crippen LogP contribution is 2.24. The number of aromatic nitrogens is 1. The Hall–Kier alpha value is -2.89. The minimum absolute atomic E-state index is 0.0970. The lowest BCUT2D eigenvalue weighted by Crippen LogP contribution is -2.32. The molecule has 0 radical (unpaired) electrons. The Morgan fingerprint density at radius 2 is 1.85 bits per heavy atom. The Morgan fingerprint density at radius 1 is 1.12 bits per heavy atom. The average Bonchev–Trinajstić information content (AvgIpc) is 2.63. The van der Waals surface area contributed by atoms with Gasteiger partial charge in [-0.3, -0.25) is 9.78 Å². The van der Waals surface area contributed by atoms with Crippen LogP contribution in [-0.4, -0.2) is 36.6 Å². The lowest BCUT2D eigenvalue weighted by atomic mass is 9.87. The maximum Gasteiger partial charge on any atom is 0.340 e. The van der Waals surface area contributed by atoms with Crippen molar-refractivity contribution in [2.75, 3.05) is 19.8 Å². The van der Waals surface area contributed by atoms with Gasteiger partial charge in [-0.2, -0.15) is 0 Å². The van der Waals surface area contributed by atoms with Gasteiger partial charge in [0.05, 0.1) is 12.1 Å². The molecule has 6 heteroatoms. The average molecular weight is 356 g/mol. The van der Waals surface area contributed by atoms with Gasteiger partial charge in [-0.25, -0.2) is 4.79 Å². The number of carbonyl (C=O) groups excluding carboxylic acids is 2. The molecule has 1 aromatic heterocycles. The monoisotopic (exact) mass is 356 g/mol. The lowest BCUT2D eigenvalue weighted by Gasteiger charge is -2.19. The van der Waals surface area contributed by atoms with Gasteiger partial charge in [-0.05, 0) is 35.2 Å². The Kier molecular flexibility index (Phi) is 6.72. The number of nitrogens with one attached hydrogen (secondary N) is 1. The second kappa shape index (κ2) is 8.99. The second-order valence-electron chi connectivity index (χ2n) is 6.79. The highest BCUT2D eigenvalue weighted by molar-refractivity contribution is 5.90. The fraction of sp³-hybridized carbons (Fsp3) is 0.350. The van der Waals surface area contributed by atoms with Crippen LogP contribution in [0.3, 0.4) is 0 Å². The van der Waals surface area contributed by atoms with Crippen LogP contribution in [0, 0.1) is 0 Å². The van der Waals surface area contributed by atoms with Crippen LogP contribution in [0.1, 0.15) is 36.7 Å². The molecule has 138 valence electrons. The molecule has 0 saturated carbocycles. The fourth-order valence-electron chi connectivity index (χ4n) is 2.16. The number of amides is 1. The first kappa shape index (κ1) is 19.4. The van der Waals surface area contributed by atoms with Crippen LogP contribution >= 0.6 is 0 Å². The number of hydrogen-bond donors (Lipinski definition) is 1. The summed E-state index contributed by atoms with van der Waals surface area (Å²) >= 11 is 0. The van der Waals surface area contributed by atoms with Crippen LogP contribution in [0.4, 0.5) is 0 Å². The molecule has 0 spiro atoms. The van der Waals surface area contributed by atoms with Gasteiger partial charge >= 0.3 is 5.97 Å². The number of ether oxygens (including phenoxy) is 2. The highest BCUT2D eigenvalue weighted by Gasteiger charge is 2.13. The van der Waals surface area contributed by atoms with Crippen molar-refractivity contribution in [1.29, 1.82) is 0 Å². The van der Waals surface area contributed by atoms with E-state index in [1.165, 1.54) is 11.8 Å². The normalized spacial score (nSPS) is 10.9. The van der Waals surface area contributed by atoms with Gasteiger partial charge in [0.1, 0.15) is 12.4 Å². The van der Waals surface area contributed by atoms with E-state index in [0.717, 1.165) is 5.75 Å². The SMILES string of the molecule is CC(C)(C)c1ccc(OCCNC(=O)COC(=O)c2cccnc2)cc1. The zero-order valence-electron chi connectivity index (χ0n) is 15.3. The van der Waals surface area contributed by atoms with Crippen molar-refractivity contribution in [2.24, 2.45) is 0 Å². The molecule has 1 heterocycles. The molecule has 0 unspecified atom stereocenters. The number of hydrogen-bond acceptors (Lipinski definition) is 5. The van der Waals surface area contributed by atoms with Crippen LogP contribution in [0.25, 0.3) is 0 Å². The van der Waals surface area contributed by atoms with Crippen molar-refractivity contribution in [3.63, 3.8) is 0 Å². The molecule has 26 heavy (non-hydrogen) atoms. The van der Waals surface area contributed by atoms with Crippen LogP contribution in [0.5, 0.6) is 5.75 Å². The topological polar surface area (TPSA) is 77.5 Å². The third kappa shape index (κ3) is 6.20. The van der Waals surface area contributed by atoms with Gasteiger partial charge < -0.3 is 14.8 Å². The molecular formula is C20H24N2O4. The van der Waals surface area contributed by atoms with Crippen molar-refractivity contribution in [3.05, 3.63) is 59.9 Å². The van der Waals surface area contributed by atoms with Crippen LogP contribution in [0.2, 0.25) is 0 Å². The van der Waals surface area contributed by atoms with Crippen LogP contribution in [-0.2, 0) is 14.9 Å². The molecule has 0 atom stereocenters.